The number of pyridine rings is 1. The third kappa shape index (κ3) is 4.37. The van der Waals surface area contributed by atoms with E-state index >= 15 is 0 Å². The quantitative estimate of drug-likeness (QED) is 0.881. The van der Waals surface area contributed by atoms with Crippen molar-refractivity contribution in [2.75, 3.05) is 50.9 Å². The molecule has 0 aliphatic carbocycles. The Morgan fingerprint density at radius 1 is 0.958 bits per heavy atom. The lowest BCUT2D eigenvalue weighted by atomic mass is 10.0. The number of nitrogens with one attached hydrogen (secondary N) is 2. The Kier molecular flexibility index (Phi) is 5.54. The molecule has 0 aromatic carbocycles. The second kappa shape index (κ2) is 7.82. The zero-order chi connectivity index (χ0) is 16.9. The number of hydrogen-bond donors (Lipinski definition) is 2. The van der Waals surface area contributed by atoms with E-state index in [0.717, 1.165) is 63.5 Å². The van der Waals surface area contributed by atoms with Gasteiger partial charge < -0.3 is 20.4 Å². The lowest BCUT2D eigenvalue weighted by Gasteiger charge is -2.31. The fourth-order valence-corrected chi connectivity index (χ4v) is 3.45. The molecule has 3 rings (SSSR count). The maximum absolute atomic E-state index is 9.37. The van der Waals surface area contributed by atoms with Gasteiger partial charge in [0, 0.05) is 12.1 Å². The zero-order valence-electron chi connectivity index (χ0n) is 14.8. The fraction of sp³-hybridized carbons (Fsp3) is 0.667. The Labute approximate surface area is 144 Å². The van der Waals surface area contributed by atoms with Gasteiger partial charge in [-0.2, -0.15) is 5.26 Å². The summed E-state index contributed by atoms with van der Waals surface area (Å²) in [5.41, 5.74) is 0.628. The summed E-state index contributed by atoms with van der Waals surface area (Å²) in [4.78, 5) is 9.40. The van der Waals surface area contributed by atoms with Gasteiger partial charge in [0.15, 0.2) is 0 Å². The highest BCUT2D eigenvalue weighted by molar-refractivity contribution is 5.57. The van der Waals surface area contributed by atoms with Crippen molar-refractivity contribution in [3.05, 3.63) is 17.7 Å². The highest BCUT2D eigenvalue weighted by atomic mass is 15.2. The topological polar surface area (TPSA) is 67.2 Å². The molecule has 0 atom stereocenters. The van der Waals surface area contributed by atoms with Crippen LogP contribution >= 0.6 is 0 Å². The van der Waals surface area contributed by atoms with E-state index in [2.05, 4.69) is 40.6 Å². The summed E-state index contributed by atoms with van der Waals surface area (Å²) >= 11 is 0. The molecule has 0 bridgehead atoms. The average molecular weight is 328 g/mol. The summed E-state index contributed by atoms with van der Waals surface area (Å²) in [5, 5.41) is 16.4. The number of hydrogen-bond acceptors (Lipinski definition) is 6. The summed E-state index contributed by atoms with van der Waals surface area (Å²) in [7, 11) is 4.32. The molecular weight excluding hydrogens is 300 g/mol. The van der Waals surface area contributed by atoms with Crippen molar-refractivity contribution in [3.8, 4) is 6.07 Å². The standard InChI is InChI=1S/C18H28N6/c1-23-9-5-15(6-10-23)20-17-4-3-14(13-19)18(22-17)21-16-7-11-24(2)12-8-16/h3-4,15-16H,5-12H2,1-2H3,(H2,20,21,22). The van der Waals surface area contributed by atoms with Crippen molar-refractivity contribution in [1.82, 2.24) is 14.8 Å². The molecule has 6 nitrogen and oxygen atoms in total. The fourth-order valence-electron chi connectivity index (χ4n) is 3.45. The molecule has 0 unspecified atom stereocenters. The Bertz CT molecular complexity index is 580. The van der Waals surface area contributed by atoms with Crippen molar-refractivity contribution < 1.29 is 0 Å². The molecule has 2 saturated heterocycles. The summed E-state index contributed by atoms with van der Waals surface area (Å²) < 4.78 is 0. The Balaban J connectivity index is 1.65. The van der Waals surface area contributed by atoms with Crippen LogP contribution in [0.5, 0.6) is 0 Å². The van der Waals surface area contributed by atoms with Gasteiger partial charge in [-0.3, -0.25) is 0 Å². The van der Waals surface area contributed by atoms with E-state index in [1.54, 1.807) is 0 Å². The predicted molar refractivity (Wildman–Crippen MR) is 97.2 cm³/mol. The molecule has 0 saturated carbocycles. The molecule has 0 spiro atoms. The van der Waals surface area contributed by atoms with Crippen molar-refractivity contribution in [2.45, 2.75) is 37.8 Å². The molecule has 3 heterocycles. The number of rotatable bonds is 4. The second-order valence-corrected chi connectivity index (χ2v) is 7.15. The number of nitriles is 1. The van der Waals surface area contributed by atoms with E-state index in [1.807, 2.05) is 12.1 Å². The summed E-state index contributed by atoms with van der Waals surface area (Å²) in [6, 6.07) is 6.94. The van der Waals surface area contributed by atoms with Crippen molar-refractivity contribution >= 4 is 11.6 Å². The van der Waals surface area contributed by atoms with E-state index in [0.29, 0.717) is 17.6 Å². The van der Waals surface area contributed by atoms with E-state index in [9.17, 15) is 5.26 Å². The third-order valence-corrected chi connectivity index (χ3v) is 5.15. The maximum Gasteiger partial charge on any atom is 0.146 e. The largest absolute Gasteiger partial charge is 0.367 e. The van der Waals surface area contributed by atoms with E-state index < -0.39 is 0 Å². The highest BCUT2D eigenvalue weighted by Gasteiger charge is 2.20. The van der Waals surface area contributed by atoms with Crippen LogP contribution in [-0.2, 0) is 0 Å². The molecule has 2 N–H and O–H groups in total. The van der Waals surface area contributed by atoms with Crippen LogP contribution in [0.4, 0.5) is 11.6 Å². The smallest absolute Gasteiger partial charge is 0.146 e. The van der Waals surface area contributed by atoms with Gasteiger partial charge in [0.2, 0.25) is 0 Å². The first-order valence-electron chi connectivity index (χ1n) is 8.95. The second-order valence-electron chi connectivity index (χ2n) is 7.15. The van der Waals surface area contributed by atoms with Gasteiger partial charge in [-0.05, 0) is 78.1 Å². The van der Waals surface area contributed by atoms with Gasteiger partial charge in [0.1, 0.15) is 17.7 Å². The van der Waals surface area contributed by atoms with E-state index in [4.69, 9.17) is 4.98 Å². The van der Waals surface area contributed by atoms with E-state index in [-0.39, 0.29) is 0 Å². The van der Waals surface area contributed by atoms with Gasteiger partial charge in [-0.25, -0.2) is 4.98 Å². The first-order valence-corrected chi connectivity index (χ1v) is 8.95. The van der Waals surface area contributed by atoms with Crippen LogP contribution in [0, 0.1) is 11.3 Å². The summed E-state index contributed by atoms with van der Waals surface area (Å²) in [6.07, 6.45) is 4.46. The Morgan fingerprint density at radius 2 is 1.50 bits per heavy atom. The lowest BCUT2D eigenvalue weighted by Crippen LogP contribution is -2.37. The molecule has 1 aromatic heterocycles. The summed E-state index contributed by atoms with van der Waals surface area (Å²) in [6.45, 7) is 4.42. The lowest BCUT2D eigenvalue weighted by molar-refractivity contribution is 0.263. The first kappa shape index (κ1) is 17.0. The molecule has 1 aromatic rings. The Morgan fingerprint density at radius 3 is 2.04 bits per heavy atom. The summed E-state index contributed by atoms with van der Waals surface area (Å²) in [5.74, 6) is 1.60. The normalized spacial score (nSPS) is 21.4. The van der Waals surface area contributed by atoms with Crippen LogP contribution in [0.15, 0.2) is 12.1 Å². The van der Waals surface area contributed by atoms with Crippen LogP contribution in [0.1, 0.15) is 31.2 Å². The minimum Gasteiger partial charge on any atom is -0.367 e. The van der Waals surface area contributed by atoms with Gasteiger partial charge in [0.25, 0.3) is 0 Å². The number of aromatic nitrogens is 1. The van der Waals surface area contributed by atoms with Crippen molar-refractivity contribution in [3.63, 3.8) is 0 Å². The maximum atomic E-state index is 9.37. The molecule has 2 aliphatic rings. The molecule has 2 fully saturated rings. The van der Waals surface area contributed by atoms with Crippen LogP contribution in [0.25, 0.3) is 0 Å². The minimum absolute atomic E-state index is 0.402. The van der Waals surface area contributed by atoms with Gasteiger partial charge in [-0.15, -0.1) is 0 Å². The average Bonchev–Trinajstić information content (AvgIpc) is 2.59. The van der Waals surface area contributed by atoms with Crippen LogP contribution in [0.2, 0.25) is 0 Å². The molecule has 24 heavy (non-hydrogen) atoms. The van der Waals surface area contributed by atoms with Gasteiger partial charge in [-0.1, -0.05) is 0 Å². The molecule has 0 amide bonds. The number of piperidine rings is 2. The molecule has 130 valence electrons. The van der Waals surface area contributed by atoms with Crippen molar-refractivity contribution in [2.24, 2.45) is 0 Å². The predicted octanol–water partition coefficient (Wildman–Crippen LogP) is 1.97. The van der Waals surface area contributed by atoms with Crippen molar-refractivity contribution in [1.29, 1.82) is 5.26 Å². The molecule has 2 aliphatic heterocycles. The van der Waals surface area contributed by atoms with E-state index in [1.165, 1.54) is 0 Å². The van der Waals surface area contributed by atoms with Gasteiger partial charge >= 0.3 is 0 Å². The molecule has 0 radical (unpaired) electrons. The number of nitrogens with zero attached hydrogens (tertiary/aromatic N) is 4. The highest BCUT2D eigenvalue weighted by Crippen LogP contribution is 2.21. The SMILES string of the molecule is CN1CCC(Nc2ccc(C#N)c(NC3CCN(C)CC3)n2)CC1. The zero-order valence-corrected chi connectivity index (χ0v) is 14.8. The number of likely N-dealkylation sites (tertiary alicyclic amines) is 2. The van der Waals surface area contributed by atoms with Crippen LogP contribution < -0.4 is 10.6 Å². The minimum atomic E-state index is 0.402. The molecule has 6 heteroatoms. The molecular formula is C18H28N6. The number of anilines is 2. The van der Waals surface area contributed by atoms with Crippen LogP contribution in [0.3, 0.4) is 0 Å². The first-order chi connectivity index (χ1) is 11.6. The monoisotopic (exact) mass is 328 g/mol. The van der Waals surface area contributed by atoms with Crippen LogP contribution in [-0.4, -0.2) is 67.1 Å². The van der Waals surface area contributed by atoms with Gasteiger partial charge in [0.05, 0.1) is 5.56 Å². The third-order valence-electron chi connectivity index (χ3n) is 5.15. The Hall–Kier alpha value is -1.84.